The van der Waals surface area contributed by atoms with E-state index in [1.807, 2.05) is 13.8 Å². The Balaban J connectivity index is 1.85. The number of nitrogens with one attached hydrogen (secondary N) is 1. The third-order valence-electron chi connectivity index (χ3n) is 5.21. The Bertz CT molecular complexity index is 572. The number of aromatic hydroxyl groups is 1. The summed E-state index contributed by atoms with van der Waals surface area (Å²) < 4.78 is 5.80. The molecule has 0 aromatic heterocycles. The quantitative estimate of drug-likeness (QED) is 0.726. The van der Waals surface area contributed by atoms with E-state index in [4.69, 9.17) is 10.5 Å². The van der Waals surface area contributed by atoms with E-state index in [2.05, 4.69) is 5.32 Å². The molecule has 0 radical (unpaired) electrons. The van der Waals surface area contributed by atoms with Gasteiger partial charge in [-0.15, -0.1) is 0 Å². The van der Waals surface area contributed by atoms with Crippen LogP contribution in [0.4, 0.5) is 5.69 Å². The highest BCUT2D eigenvalue weighted by Gasteiger charge is 2.70. The monoisotopic (exact) mass is 290 g/mol. The van der Waals surface area contributed by atoms with Crippen molar-refractivity contribution in [3.05, 3.63) is 24.3 Å². The van der Waals surface area contributed by atoms with E-state index >= 15 is 0 Å². The van der Waals surface area contributed by atoms with Gasteiger partial charge in [0.25, 0.3) is 0 Å². The summed E-state index contributed by atoms with van der Waals surface area (Å²) in [5, 5.41) is 12.6. The fourth-order valence-electron chi connectivity index (χ4n) is 3.84. The number of hydrogen-bond acceptors (Lipinski definition) is 4. The van der Waals surface area contributed by atoms with Crippen LogP contribution in [0.25, 0.3) is 0 Å². The lowest BCUT2D eigenvalue weighted by Crippen LogP contribution is -2.81. The van der Waals surface area contributed by atoms with Crippen molar-refractivity contribution in [2.24, 2.45) is 17.1 Å². The molecule has 1 aromatic rings. The van der Waals surface area contributed by atoms with E-state index in [0.717, 1.165) is 19.4 Å². The Morgan fingerprint density at radius 2 is 2.14 bits per heavy atom. The van der Waals surface area contributed by atoms with Crippen LogP contribution in [0.5, 0.6) is 5.75 Å². The van der Waals surface area contributed by atoms with Crippen molar-refractivity contribution in [1.29, 1.82) is 0 Å². The first kappa shape index (κ1) is 14.4. The summed E-state index contributed by atoms with van der Waals surface area (Å²) in [7, 11) is 0. The molecule has 3 rings (SSSR count). The van der Waals surface area contributed by atoms with E-state index in [0.29, 0.717) is 5.69 Å². The zero-order chi connectivity index (χ0) is 15.3. The minimum atomic E-state index is -0.972. The van der Waals surface area contributed by atoms with Crippen LogP contribution in [0.3, 0.4) is 0 Å². The number of carbonyl (C=O) groups excluding carboxylic acids is 1. The van der Waals surface area contributed by atoms with Gasteiger partial charge in [0.1, 0.15) is 11.3 Å². The second-order valence-electron chi connectivity index (χ2n) is 6.60. The molecule has 2 aliphatic rings. The minimum Gasteiger partial charge on any atom is -0.506 e. The highest BCUT2D eigenvalue weighted by molar-refractivity contribution is 6.01. The number of rotatable bonds is 2. The molecule has 1 aliphatic carbocycles. The van der Waals surface area contributed by atoms with Gasteiger partial charge in [0.05, 0.1) is 11.8 Å². The molecule has 0 spiro atoms. The fourth-order valence-corrected chi connectivity index (χ4v) is 3.84. The molecule has 5 nitrogen and oxygen atoms in total. The molecule has 1 saturated carbocycles. The van der Waals surface area contributed by atoms with E-state index in [1.165, 1.54) is 6.07 Å². The molecule has 2 fully saturated rings. The number of carbonyl (C=O) groups is 1. The molecule has 3 atom stereocenters. The van der Waals surface area contributed by atoms with Crippen LogP contribution in [0, 0.1) is 11.3 Å². The van der Waals surface area contributed by atoms with Crippen LogP contribution < -0.4 is 11.1 Å². The van der Waals surface area contributed by atoms with E-state index in [9.17, 15) is 9.90 Å². The van der Waals surface area contributed by atoms with Gasteiger partial charge in [-0.05, 0) is 25.0 Å². The van der Waals surface area contributed by atoms with Crippen LogP contribution in [0.2, 0.25) is 0 Å². The average Bonchev–Trinajstić information content (AvgIpc) is 2.48. The van der Waals surface area contributed by atoms with Crippen LogP contribution in [-0.4, -0.2) is 29.3 Å². The topological polar surface area (TPSA) is 84.6 Å². The van der Waals surface area contributed by atoms with Gasteiger partial charge in [-0.2, -0.15) is 0 Å². The third-order valence-corrected chi connectivity index (χ3v) is 5.21. The molecular formula is C16H22N2O3. The molecule has 1 aliphatic heterocycles. The van der Waals surface area contributed by atoms with Gasteiger partial charge in [0.2, 0.25) is 5.91 Å². The highest BCUT2D eigenvalue weighted by atomic mass is 16.5. The smallest absolute Gasteiger partial charge is 0.245 e. The Kier molecular flexibility index (Phi) is 3.22. The summed E-state index contributed by atoms with van der Waals surface area (Å²) in [5.74, 6) is -0.170. The Hall–Kier alpha value is -1.59. The predicted molar refractivity (Wildman–Crippen MR) is 79.9 cm³/mol. The maximum atomic E-state index is 12.7. The summed E-state index contributed by atoms with van der Waals surface area (Å²) >= 11 is 0. The molecule has 1 heterocycles. The zero-order valence-corrected chi connectivity index (χ0v) is 12.4. The summed E-state index contributed by atoms with van der Waals surface area (Å²) in [6.07, 6.45) is 1.87. The molecular weight excluding hydrogens is 268 g/mol. The van der Waals surface area contributed by atoms with E-state index in [-0.39, 0.29) is 23.7 Å². The highest BCUT2D eigenvalue weighted by Crippen LogP contribution is 2.57. The first-order valence-corrected chi connectivity index (χ1v) is 7.39. The Morgan fingerprint density at radius 3 is 2.86 bits per heavy atom. The molecule has 21 heavy (non-hydrogen) atoms. The second kappa shape index (κ2) is 4.71. The van der Waals surface area contributed by atoms with Crippen molar-refractivity contribution in [2.75, 3.05) is 11.9 Å². The van der Waals surface area contributed by atoms with Crippen molar-refractivity contribution in [3.8, 4) is 5.75 Å². The average molecular weight is 290 g/mol. The van der Waals surface area contributed by atoms with Gasteiger partial charge < -0.3 is 20.9 Å². The molecule has 1 aromatic carbocycles. The van der Waals surface area contributed by atoms with Crippen molar-refractivity contribution < 1.29 is 14.6 Å². The normalized spacial score (nSPS) is 33.7. The molecule has 3 unspecified atom stereocenters. The number of phenols is 1. The number of hydrogen-bond donors (Lipinski definition) is 3. The standard InChI is InChI=1S/C16H22N2O3/c1-15(2)13-10(6-5-9-21-13)16(15,17)14(20)18-11-7-3-4-8-12(11)19/h3-4,7-8,10,13,19H,5-6,9,17H2,1-2H3,(H,18,20). The maximum absolute atomic E-state index is 12.7. The number of para-hydroxylation sites is 2. The predicted octanol–water partition coefficient (Wildman–Crippen LogP) is 1.86. The van der Waals surface area contributed by atoms with E-state index < -0.39 is 11.0 Å². The van der Waals surface area contributed by atoms with Crippen LogP contribution in [0.15, 0.2) is 24.3 Å². The van der Waals surface area contributed by atoms with Crippen LogP contribution >= 0.6 is 0 Å². The third kappa shape index (κ3) is 1.88. The Labute approximate surface area is 124 Å². The molecule has 114 valence electrons. The number of fused-ring (bicyclic) bond motifs is 1. The summed E-state index contributed by atoms with van der Waals surface area (Å²) in [4.78, 5) is 12.7. The van der Waals surface area contributed by atoms with Gasteiger partial charge in [0.15, 0.2) is 0 Å². The van der Waals surface area contributed by atoms with Gasteiger partial charge >= 0.3 is 0 Å². The van der Waals surface area contributed by atoms with Crippen molar-refractivity contribution in [3.63, 3.8) is 0 Å². The minimum absolute atomic E-state index is 0.0337. The van der Waals surface area contributed by atoms with Gasteiger partial charge in [-0.3, -0.25) is 4.79 Å². The number of phenolic OH excluding ortho intramolecular Hbond substituents is 1. The molecule has 5 heteroatoms. The molecule has 0 bridgehead atoms. The number of amides is 1. The first-order chi connectivity index (χ1) is 9.89. The molecule has 1 amide bonds. The van der Waals surface area contributed by atoms with Crippen molar-refractivity contribution >= 4 is 11.6 Å². The maximum Gasteiger partial charge on any atom is 0.245 e. The first-order valence-electron chi connectivity index (χ1n) is 7.39. The fraction of sp³-hybridized carbons (Fsp3) is 0.562. The zero-order valence-electron chi connectivity index (χ0n) is 12.4. The van der Waals surface area contributed by atoms with Crippen molar-refractivity contribution in [2.45, 2.75) is 38.3 Å². The molecule has 4 N–H and O–H groups in total. The number of anilines is 1. The number of nitrogens with two attached hydrogens (primary N) is 1. The summed E-state index contributed by atoms with van der Waals surface area (Å²) in [6, 6.07) is 6.67. The Morgan fingerprint density at radius 1 is 1.43 bits per heavy atom. The van der Waals surface area contributed by atoms with Crippen LogP contribution in [-0.2, 0) is 9.53 Å². The van der Waals surface area contributed by atoms with Crippen LogP contribution in [0.1, 0.15) is 26.7 Å². The largest absolute Gasteiger partial charge is 0.506 e. The number of ether oxygens (including phenoxy) is 1. The van der Waals surface area contributed by atoms with Crippen molar-refractivity contribution in [1.82, 2.24) is 0 Å². The summed E-state index contributed by atoms with van der Waals surface area (Å²) in [5.41, 5.74) is 5.50. The van der Waals surface area contributed by atoms with Gasteiger partial charge in [-0.25, -0.2) is 0 Å². The van der Waals surface area contributed by atoms with Gasteiger partial charge in [-0.1, -0.05) is 26.0 Å². The lowest BCUT2D eigenvalue weighted by Gasteiger charge is -2.65. The number of benzene rings is 1. The van der Waals surface area contributed by atoms with Gasteiger partial charge in [0, 0.05) is 17.9 Å². The lowest BCUT2D eigenvalue weighted by atomic mass is 9.46. The molecule has 1 saturated heterocycles. The van der Waals surface area contributed by atoms with E-state index in [1.54, 1.807) is 18.2 Å². The lowest BCUT2D eigenvalue weighted by molar-refractivity contribution is -0.222. The second-order valence-corrected chi connectivity index (χ2v) is 6.60. The summed E-state index contributed by atoms with van der Waals surface area (Å²) in [6.45, 7) is 4.69. The SMILES string of the molecule is CC1(C)C2OCCCC2C1(N)C(=O)Nc1ccccc1O.